The van der Waals surface area contributed by atoms with Gasteiger partial charge in [0.15, 0.2) is 0 Å². The summed E-state index contributed by atoms with van der Waals surface area (Å²) >= 11 is 0. The first-order valence-corrected chi connectivity index (χ1v) is 8.74. The number of nitrogens with zero attached hydrogens (tertiary/aromatic N) is 3. The Hall–Kier alpha value is -3.08. The first-order chi connectivity index (χ1) is 12.5. The molecule has 1 aliphatic heterocycles. The number of benzene rings is 1. The van der Waals surface area contributed by atoms with E-state index in [9.17, 15) is 9.90 Å². The Bertz CT molecular complexity index is 1020. The van der Waals surface area contributed by atoms with Crippen molar-refractivity contribution < 1.29 is 9.90 Å². The summed E-state index contributed by atoms with van der Waals surface area (Å²) in [6.07, 6.45) is 5.84. The zero-order chi connectivity index (χ0) is 18.3. The maximum atomic E-state index is 11.4. The van der Waals surface area contributed by atoms with Gasteiger partial charge in [0.25, 0.3) is 0 Å². The van der Waals surface area contributed by atoms with Crippen molar-refractivity contribution in [1.29, 1.82) is 0 Å². The van der Waals surface area contributed by atoms with Gasteiger partial charge in [-0.3, -0.25) is 4.98 Å². The highest BCUT2D eigenvalue weighted by Crippen LogP contribution is 2.32. The molecule has 0 bridgehead atoms. The Kier molecular flexibility index (Phi) is 3.99. The second-order valence-electron chi connectivity index (χ2n) is 6.82. The van der Waals surface area contributed by atoms with Crippen LogP contribution in [0.15, 0.2) is 36.5 Å². The normalized spacial score (nSPS) is 14.2. The predicted octanol–water partition coefficient (Wildman–Crippen LogP) is 4.32. The standard InChI is InChI=1S/C21H21N3O2/c1-14-3-6-19-17(11-14)18-13-23(21(25)26)9-8-20(18)24(19)10-7-16-5-4-15(2)22-12-16/h3-7,10-12H,8-9,13H2,1-2H3,(H,25,26)/b10-7+. The summed E-state index contributed by atoms with van der Waals surface area (Å²) in [6, 6.07) is 10.4. The van der Waals surface area contributed by atoms with Crippen molar-refractivity contribution in [2.24, 2.45) is 0 Å². The van der Waals surface area contributed by atoms with E-state index in [2.05, 4.69) is 46.9 Å². The number of amides is 1. The van der Waals surface area contributed by atoms with E-state index >= 15 is 0 Å². The van der Waals surface area contributed by atoms with Crippen molar-refractivity contribution in [2.45, 2.75) is 26.8 Å². The molecular formula is C21H21N3O2. The van der Waals surface area contributed by atoms with Crippen molar-refractivity contribution in [3.63, 3.8) is 0 Å². The van der Waals surface area contributed by atoms with E-state index in [1.807, 2.05) is 25.3 Å². The molecule has 0 spiro atoms. The number of aryl methyl sites for hydroxylation is 2. The van der Waals surface area contributed by atoms with Crippen LogP contribution >= 0.6 is 0 Å². The van der Waals surface area contributed by atoms with Gasteiger partial charge in [-0.15, -0.1) is 0 Å². The van der Waals surface area contributed by atoms with Gasteiger partial charge in [-0.1, -0.05) is 17.7 Å². The largest absolute Gasteiger partial charge is 0.465 e. The van der Waals surface area contributed by atoms with Crippen molar-refractivity contribution >= 4 is 29.3 Å². The van der Waals surface area contributed by atoms with Gasteiger partial charge in [0.2, 0.25) is 0 Å². The van der Waals surface area contributed by atoms with E-state index < -0.39 is 6.09 Å². The first kappa shape index (κ1) is 16.4. The summed E-state index contributed by atoms with van der Waals surface area (Å²) in [7, 11) is 0. The van der Waals surface area contributed by atoms with Crippen LogP contribution in [0.2, 0.25) is 0 Å². The molecule has 0 atom stereocenters. The van der Waals surface area contributed by atoms with E-state index in [-0.39, 0.29) is 0 Å². The predicted molar refractivity (Wildman–Crippen MR) is 103 cm³/mol. The topological polar surface area (TPSA) is 58.4 Å². The molecule has 0 saturated heterocycles. The van der Waals surface area contributed by atoms with Gasteiger partial charge in [0.05, 0.1) is 12.1 Å². The van der Waals surface area contributed by atoms with Gasteiger partial charge in [-0.2, -0.15) is 0 Å². The average molecular weight is 347 g/mol. The molecule has 132 valence electrons. The smallest absolute Gasteiger partial charge is 0.407 e. The molecule has 0 fully saturated rings. The van der Waals surface area contributed by atoms with Gasteiger partial charge in [0, 0.05) is 47.7 Å². The third-order valence-electron chi connectivity index (χ3n) is 4.96. The van der Waals surface area contributed by atoms with Crippen LogP contribution in [0.25, 0.3) is 23.2 Å². The molecule has 0 saturated carbocycles. The molecule has 2 aromatic heterocycles. The molecule has 1 N–H and O–H groups in total. The minimum atomic E-state index is -0.856. The summed E-state index contributed by atoms with van der Waals surface area (Å²) in [5.74, 6) is 0. The van der Waals surface area contributed by atoms with E-state index in [0.29, 0.717) is 19.5 Å². The molecule has 1 aliphatic rings. The van der Waals surface area contributed by atoms with Crippen LogP contribution in [-0.4, -0.2) is 32.2 Å². The lowest BCUT2D eigenvalue weighted by atomic mass is 10.0. The lowest BCUT2D eigenvalue weighted by Gasteiger charge is -2.25. The Balaban J connectivity index is 1.82. The zero-order valence-electron chi connectivity index (χ0n) is 14.9. The summed E-state index contributed by atoms with van der Waals surface area (Å²) in [5.41, 5.74) is 6.64. The van der Waals surface area contributed by atoms with E-state index in [0.717, 1.165) is 27.7 Å². The molecule has 5 nitrogen and oxygen atoms in total. The number of fused-ring (bicyclic) bond motifs is 3. The second-order valence-corrected chi connectivity index (χ2v) is 6.82. The monoisotopic (exact) mass is 347 g/mol. The second kappa shape index (κ2) is 6.33. The maximum Gasteiger partial charge on any atom is 0.407 e. The fourth-order valence-corrected chi connectivity index (χ4v) is 3.58. The number of pyridine rings is 1. The SMILES string of the molecule is Cc1ccc2c(c1)c1c(n2/C=C/c2ccc(C)nc2)CCN(C(=O)O)C1. The van der Waals surface area contributed by atoms with Gasteiger partial charge in [-0.05, 0) is 43.7 Å². The van der Waals surface area contributed by atoms with E-state index in [1.165, 1.54) is 16.2 Å². The number of carbonyl (C=O) groups is 1. The van der Waals surface area contributed by atoms with Crippen LogP contribution in [0.1, 0.15) is 28.1 Å². The van der Waals surface area contributed by atoms with Crippen LogP contribution in [0.3, 0.4) is 0 Å². The molecule has 3 aromatic rings. The molecule has 3 heterocycles. The first-order valence-electron chi connectivity index (χ1n) is 8.74. The Labute approximate surface area is 152 Å². The highest BCUT2D eigenvalue weighted by molar-refractivity contribution is 5.89. The van der Waals surface area contributed by atoms with E-state index in [1.54, 1.807) is 0 Å². The molecule has 5 heteroatoms. The minimum Gasteiger partial charge on any atom is -0.465 e. The van der Waals surface area contributed by atoms with Gasteiger partial charge < -0.3 is 14.6 Å². The highest BCUT2D eigenvalue weighted by Gasteiger charge is 2.25. The third-order valence-corrected chi connectivity index (χ3v) is 4.96. The van der Waals surface area contributed by atoms with Crippen molar-refractivity contribution in [2.75, 3.05) is 6.54 Å². The summed E-state index contributed by atoms with van der Waals surface area (Å²) < 4.78 is 2.20. The fraction of sp³-hybridized carbons (Fsp3) is 0.238. The van der Waals surface area contributed by atoms with Crippen LogP contribution in [-0.2, 0) is 13.0 Å². The fourth-order valence-electron chi connectivity index (χ4n) is 3.58. The highest BCUT2D eigenvalue weighted by atomic mass is 16.4. The van der Waals surface area contributed by atoms with Crippen LogP contribution in [0, 0.1) is 13.8 Å². The number of rotatable bonds is 2. The average Bonchev–Trinajstić information content (AvgIpc) is 2.93. The molecule has 1 amide bonds. The summed E-state index contributed by atoms with van der Waals surface area (Å²) in [5, 5.41) is 10.5. The van der Waals surface area contributed by atoms with Gasteiger partial charge >= 0.3 is 6.09 Å². The number of aromatic nitrogens is 2. The van der Waals surface area contributed by atoms with E-state index in [4.69, 9.17) is 0 Å². The Morgan fingerprint density at radius 1 is 1.23 bits per heavy atom. The van der Waals surface area contributed by atoms with Crippen molar-refractivity contribution in [1.82, 2.24) is 14.5 Å². The Morgan fingerprint density at radius 3 is 2.81 bits per heavy atom. The lowest BCUT2D eigenvalue weighted by Crippen LogP contribution is -2.34. The molecule has 4 rings (SSSR count). The van der Waals surface area contributed by atoms with Crippen molar-refractivity contribution in [3.05, 3.63) is 64.6 Å². The molecule has 1 aromatic carbocycles. The van der Waals surface area contributed by atoms with Gasteiger partial charge in [-0.25, -0.2) is 4.79 Å². The summed E-state index contributed by atoms with van der Waals surface area (Å²) in [6.45, 7) is 5.00. The molecular weight excluding hydrogens is 326 g/mol. The molecule has 0 unspecified atom stereocenters. The van der Waals surface area contributed by atoms with Crippen LogP contribution < -0.4 is 0 Å². The quantitative estimate of drug-likeness (QED) is 0.751. The van der Waals surface area contributed by atoms with Crippen molar-refractivity contribution in [3.8, 4) is 0 Å². The number of hydrogen-bond acceptors (Lipinski definition) is 2. The summed E-state index contributed by atoms with van der Waals surface area (Å²) in [4.78, 5) is 17.2. The molecule has 26 heavy (non-hydrogen) atoms. The maximum absolute atomic E-state index is 11.4. The number of hydrogen-bond donors (Lipinski definition) is 1. The molecule has 0 radical (unpaired) electrons. The molecule has 0 aliphatic carbocycles. The Morgan fingerprint density at radius 2 is 2.08 bits per heavy atom. The third kappa shape index (κ3) is 2.86. The zero-order valence-corrected chi connectivity index (χ0v) is 14.9. The minimum absolute atomic E-state index is 0.442. The van der Waals surface area contributed by atoms with Crippen LogP contribution in [0.4, 0.5) is 4.79 Å². The number of carboxylic acid groups (broad SMARTS) is 1. The van der Waals surface area contributed by atoms with Crippen LogP contribution in [0.5, 0.6) is 0 Å². The lowest BCUT2D eigenvalue weighted by molar-refractivity contribution is 0.140. The van der Waals surface area contributed by atoms with Gasteiger partial charge in [0.1, 0.15) is 0 Å².